The number of likely N-dealkylation sites (N-methyl/N-ethyl adjacent to an activating group) is 1. The largest absolute Gasteiger partial charge is 0.394 e. The van der Waals surface area contributed by atoms with Crippen molar-refractivity contribution in [3.63, 3.8) is 0 Å². The minimum atomic E-state index is -0.851. The minimum Gasteiger partial charge on any atom is -0.394 e. The number of rotatable bonds is 5. The summed E-state index contributed by atoms with van der Waals surface area (Å²) in [5, 5.41) is 12.3. The zero-order chi connectivity index (χ0) is 14.5. The molecule has 19 heavy (non-hydrogen) atoms. The molecule has 0 aromatic heterocycles. The van der Waals surface area contributed by atoms with Crippen LogP contribution in [-0.4, -0.2) is 42.0 Å². The summed E-state index contributed by atoms with van der Waals surface area (Å²) in [5.74, 6) is -0.487. The monoisotopic (exact) mass is 264 g/mol. The van der Waals surface area contributed by atoms with Crippen LogP contribution >= 0.6 is 0 Å². The number of benzene rings is 1. The lowest BCUT2D eigenvalue weighted by atomic mass is 9.93. The van der Waals surface area contributed by atoms with E-state index in [1.807, 2.05) is 30.3 Å². The lowest BCUT2D eigenvalue weighted by Gasteiger charge is -2.30. The van der Waals surface area contributed by atoms with Crippen molar-refractivity contribution in [2.24, 2.45) is 0 Å². The molecule has 2 amide bonds. The highest BCUT2D eigenvalue weighted by Crippen LogP contribution is 2.19. The summed E-state index contributed by atoms with van der Waals surface area (Å²) in [6, 6.07) is 9.23. The predicted octanol–water partition coefficient (Wildman–Crippen LogP) is 0.489. The van der Waals surface area contributed by atoms with E-state index in [2.05, 4.69) is 5.32 Å². The highest BCUT2D eigenvalue weighted by molar-refractivity contribution is 5.84. The first-order valence-electron chi connectivity index (χ1n) is 6.08. The first kappa shape index (κ1) is 15.2. The van der Waals surface area contributed by atoms with Crippen LogP contribution in [0, 0.1) is 0 Å². The van der Waals surface area contributed by atoms with Gasteiger partial charge in [0.15, 0.2) is 0 Å². The normalized spacial score (nSPS) is 13.5. The van der Waals surface area contributed by atoms with E-state index in [0.29, 0.717) is 0 Å². The van der Waals surface area contributed by atoms with Gasteiger partial charge in [0.1, 0.15) is 0 Å². The van der Waals surface area contributed by atoms with E-state index >= 15 is 0 Å². The van der Waals surface area contributed by atoms with Gasteiger partial charge >= 0.3 is 0 Å². The molecular weight excluding hydrogens is 244 g/mol. The molecular formula is C14H20N2O3. The van der Waals surface area contributed by atoms with E-state index < -0.39 is 5.54 Å². The molecule has 0 fully saturated rings. The number of hydrogen-bond acceptors (Lipinski definition) is 3. The fourth-order valence-electron chi connectivity index (χ4n) is 1.68. The number of aliphatic hydroxyl groups is 1. The molecule has 1 atom stereocenters. The van der Waals surface area contributed by atoms with Gasteiger partial charge in [-0.3, -0.25) is 9.59 Å². The predicted molar refractivity (Wildman–Crippen MR) is 72.3 cm³/mol. The smallest absolute Gasteiger partial charge is 0.240 e. The number of nitrogens with zero attached hydrogens (tertiary/aromatic N) is 1. The summed E-state index contributed by atoms with van der Waals surface area (Å²) >= 11 is 0. The van der Waals surface area contributed by atoms with Crippen molar-refractivity contribution in [3.05, 3.63) is 35.9 Å². The van der Waals surface area contributed by atoms with Gasteiger partial charge in [-0.2, -0.15) is 0 Å². The van der Waals surface area contributed by atoms with Gasteiger partial charge in [-0.05, 0) is 12.5 Å². The Morgan fingerprint density at radius 2 is 1.89 bits per heavy atom. The highest BCUT2D eigenvalue weighted by atomic mass is 16.3. The van der Waals surface area contributed by atoms with E-state index in [0.717, 1.165) is 5.56 Å². The molecule has 0 aliphatic heterocycles. The Kier molecular flexibility index (Phi) is 5.06. The molecule has 0 radical (unpaired) electrons. The standard InChI is InChI=1S/C14H20N2O3/c1-11(18)16(3)9-13(19)15-14(2,10-17)12-7-5-4-6-8-12/h4-8,17H,9-10H2,1-3H3,(H,15,19). The van der Waals surface area contributed by atoms with Crippen LogP contribution in [0.25, 0.3) is 0 Å². The number of aliphatic hydroxyl groups excluding tert-OH is 1. The third-order valence-corrected chi connectivity index (χ3v) is 3.06. The van der Waals surface area contributed by atoms with Crippen molar-refractivity contribution in [1.82, 2.24) is 10.2 Å². The van der Waals surface area contributed by atoms with E-state index in [9.17, 15) is 14.7 Å². The number of hydrogen-bond donors (Lipinski definition) is 2. The second kappa shape index (κ2) is 6.33. The van der Waals surface area contributed by atoms with Crippen LogP contribution < -0.4 is 5.32 Å². The molecule has 0 bridgehead atoms. The van der Waals surface area contributed by atoms with Crippen LogP contribution in [0.1, 0.15) is 19.4 Å². The van der Waals surface area contributed by atoms with E-state index in [-0.39, 0.29) is 25.0 Å². The summed E-state index contributed by atoms with van der Waals surface area (Å²) in [6.45, 7) is 2.90. The van der Waals surface area contributed by atoms with Crippen LogP contribution in [-0.2, 0) is 15.1 Å². The molecule has 0 saturated carbocycles. The van der Waals surface area contributed by atoms with Crippen molar-refractivity contribution in [2.75, 3.05) is 20.2 Å². The number of carbonyl (C=O) groups is 2. The number of nitrogens with one attached hydrogen (secondary N) is 1. The summed E-state index contributed by atoms with van der Waals surface area (Å²) < 4.78 is 0. The van der Waals surface area contributed by atoms with Gasteiger partial charge in [-0.15, -0.1) is 0 Å². The van der Waals surface area contributed by atoms with Gasteiger partial charge in [-0.1, -0.05) is 30.3 Å². The lowest BCUT2D eigenvalue weighted by Crippen LogP contribution is -2.49. The molecule has 1 aromatic rings. The van der Waals surface area contributed by atoms with Crippen molar-refractivity contribution in [2.45, 2.75) is 19.4 Å². The van der Waals surface area contributed by atoms with Gasteiger partial charge in [0.2, 0.25) is 11.8 Å². The Morgan fingerprint density at radius 3 is 2.37 bits per heavy atom. The molecule has 5 nitrogen and oxygen atoms in total. The molecule has 1 rings (SSSR count). The Labute approximate surface area is 113 Å². The van der Waals surface area contributed by atoms with Gasteiger partial charge in [0.25, 0.3) is 0 Å². The van der Waals surface area contributed by atoms with Crippen molar-refractivity contribution < 1.29 is 14.7 Å². The van der Waals surface area contributed by atoms with Gasteiger partial charge in [0, 0.05) is 14.0 Å². The second-order valence-corrected chi connectivity index (χ2v) is 4.78. The first-order valence-corrected chi connectivity index (χ1v) is 6.08. The summed E-state index contributed by atoms with van der Waals surface area (Å²) in [5.41, 5.74) is -0.0352. The minimum absolute atomic E-state index is 0.0300. The zero-order valence-corrected chi connectivity index (χ0v) is 11.5. The first-order chi connectivity index (χ1) is 8.89. The van der Waals surface area contributed by atoms with Crippen LogP contribution in [0.3, 0.4) is 0 Å². The van der Waals surface area contributed by atoms with Crippen LogP contribution in [0.4, 0.5) is 0 Å². The molecule has 0 aliphatic rings. The van der Waals surface area contributed by atoms with Crippen LogP contribution in [0.15, 0.2) is 30.3 Å². The topological polar surface area (TPSA) is 69.6 Å². The van der Waals surface area contributed by atoms with E-state index in [1.54, 1.807) is 14.0 Å². The summed E-state index contributed by atoms with van der Waals surface area (Å²) in [6.07, 6.45) is 0. The Hall–Kier alpha value is -1.88. The maximum atomic E-state index is 11.9. The maximum absolute atomic E-state index is 11.9. The molecule has 5 heteroatoms. The number of carbonyl (C=O) groups excluding carboxylic acids is 2. The van der Waals surface area contributed by atoms with E-state index in [4.69, 9.17) is 0 Å². The number of amides is 2. The second-order valence-electron chi connectivity index (χ2n) is 4.78. The van der Waals surface area contributed by atoms with E-state index in [1.165, 1.54) is 11.8 Å². The fraction of sp³-hybridized carbons (Fsp3) is 0.429. The molecule has 0 saturated heterocycles. The Balaban J connectivity index is 2.77. The molecule has 2 N–H and O–H groups in total. The SMILES string of the molecule is CC(=O)N(C)CC(=O)NC(C)(CO)c1ccccc1. The molecule has 0 heterocycles. The quantitative estimate of drug-likeness (QED) is 0.813. The average Bonchev–Trinajstić information content (AvgIpc) is 2.39. The highest BCUT2D eigenvalue weighted by Gasteiger charge is 2.28. The maximum Gasteiger partial charge on any atom is 0.240 e. The average molecular weight is 264 g/mol. The summed E-state index contributed by atoms with van der Waals surface area (Å²) in [4.78, 5) is 24.3. The summed E-state index contributed by atoms with van der Waals surface area (Å²) in [7, 11) is 1.56. The zero-order valence-electron chi connectivity index (χ0n) is 11.5. The van der Waals surface area contributed by atoms with Gasteiger partial charge in [-0.25, -0.2) is 0 Å². The Morgan fingerprint density at radius 1 is 1.32 bits per heavy atom. The lowest BCUT2D eigenvalue weighted by molar-refractivity contribution is -0.134. The molecule has 0 spiro atoms. The third-order valence-electron chi connectivity index (χ3n) is 3.06. The van der Waals surface area contributed by atoms with Crippen LogP contribution in [0.5, 0.6) is 0 Å². The van der Waals surface area contributed by atoms with Gasteiger partial charge in [0.05, 0.1) is 18.7 Å². The molecule has 1 unspecified atom stereocenters. The van der Waals surface area contributed by atoms with Crippen molar-refractivity contribution >= 4 is 11.8 Å². The van der Waals surface area contributed by atoms with Crippen LogP contribution in [0.2, 0.25) is 0 Å². The Bertz CT molecular complexity index is 447. The fourth-order valence-corrected chi connectivity index (χ4v) is 1.68. The van der Waals surface area contributed by atoms with Gasteiger partial charge < -0.3 is 15.3 Å². The molecule has 1 aromatic carbocycles. The molecule has 0 aliphatic carbocycles. The van der Waals surface area contributed by atoms with Crippen molar-refractivity contribution in [1.29, 1.82) is 0 Å². The van der Waals surface area contributed by atoms with Crippen molar-refractivity contribution in [3.8, 4) is 0 Å². The third kappa shape index (κ3) is 4.06. The molecule has 104 valence electrons.